The first-order valence-electron chi connectivity index (χ1n) is 6.48. The van der Waals surface area contributed by atoms with Crippen LogP contribution in [0.5, 0.6) is 0 Å². The third kappa shape index (κ3) is 3.12. The van der Waals surface area contributed by atoms with Gasteiger partial charge in [-0.3, -0.25) is 0 Å². The molecule has 2 aromatic carbocycles. The Balaban J connectivity index is 0.000000131. The molecule has 112 valence electrons. The number of fused-ring (bicyclic) bond motifs is 2. The summed E-state index contributed by atoms with van der Waals surface area (Å²) in [6, 6.07) is 11.4. The van der Waals surface area contributed by atoms with Gasteiger partial charge in [-0.25, -0.2) is 9.26 Å². The molecule has 2 aromatic heterocycles. The van der Waals surface area contributed by atoms with Gasteiger partial charge in [0.05, 0.1) is 0 Å². The van der Waals surface area contributed by atoms with E-state index in [1.165, 1.54) is 5.56 Å². The minimum atomic E-state index is 0.517. The molecule has 0 radical (unpaired) electrons. The minimum Gasteiger partial charge on any atom is -0.326 e. The van der Waals surface area contributed by atoms with Crippen LogP contribution in [0.4, 0.5) is 0 Å². The van der Waals surface area contributed by atoms with Gasteiger partial charge in [0.25, 0.3) is 0 Å². The van der Waals surface area contributed by atoms with Crippen molar-refractivity contribution in [2.75, 3.05) is 0 Å². The number of benzene rings is 2. The summed E-state index contributed by atoms with van der Waals surface area (Å²) in [5.41, 5.74) is 10.8. The summed E-state index contributed by atoms with van der Waals surface area (Å²) in [6.45, 7) is 0.517. The largest absolute Gasteiger partial charge is 0.326 e. The molecule has 8 heteroatoms. The Bertz CT molecular complexity index is 815. The summed E-state index contributed by atoms with van der Waals surface area (Å²) >= 11 is 3.35. The average molecular weight is 362 g/mol. The Morgan fingerprint density at radius 1 is 0.773 bits per heavy atom. The van der Waals surface area contributed by atoms with Gasteiger partial charge in [0, 0.05) is 11.9 Å². The van der Waals surface area contributed by atoms with E-state index in [1.807, 2.05) is 36.4 Å². The summed E-state index contributed by atoms with van der Waals surface area (Å²) in [6.07, 6.45) is 0. The second-order valence-electron chi connectivity index (χ2n) is 4.51. The molecule has 0 aliphatic carbocycles. The maximum absolute atomic E-state index is 5.43. The topological polar surface area (TPSA) is 104 Å². The van der Waals surface area contributed by atoms with E-state index in [2.05, 4.69) is 45.8 Å². The molecule has 2 heterocycles. The minimum absolute atomic E-state index is 0.517. The average Bonchev–Trinajstić information content (AvgIpc) is 3.22. The molecule has 7 nitrogen and oxygen atoms in total. The van der Waals surface area contributed by atoms with Crippen LogP contribution in [0.3, 0.4) is 0 Å². The fourth-order valence-electron chi connectivity index (χ4n) is 1.87. The maximum atomic E-state index is 5.43. The molecule has 0 fully saturated rings. The SMILES string of the molecule is BrCc1ccc2nonc2c1.NCc1ccc2nonc2c1. The number of hydrogen-bond donors (Lipinski definition) is 1. The van der Waals surface area contributed by atoms with Crippen molar-refractivity contribution in [3.63, 3.8) is 0 Å². The van der Waals surface area contributed by atoms with Gasteiger partial charge in [0.15, 0.2) is 0 Å². The lowest BCUT2D eigenvalue weighted by Gasteiger charge is -1.91. The highest BCUT2D eigenvalue weighted by Crippen LogP contribution is 2.13. The van der Waals surface area contributed by atoms with Gasteiger partial charge >= 0.3 is 0 Å². The summed E-state index contributed by atoms with van der Waals surface area (Å²) in [5.74, 6) is 0. The first kappa shape index (κ1) is 14.6. The number of aromatic nitrogens is 4. The predicted molar refractivity (Wildman–Crippen MR) is 84.1 cm³/mol. The van der Waals surface area contributed by atoms with Gasteiger partial charge in [-0.1, -0.05) is 28.1 Å². The Morgan fingerprint density at radius 3 is 1.82 bits per heavy atom. The van der Waals surface area contributed by atoms with Crippen LogP contribution >= 0.6 is 15.9 Å². The van der Waals surface area contributed by atoms with Crippen LogP contribution < -0.4 is 5.73 Å². The van der Waals surface area contributed by atoms with Crippen molar-refractivity contribution in [3.8, 4) is 0 Å². The van der Waals surface area contributed by atoms with Crippen molar-refractivity contribution < 1.29 is 9.26 Å². The van der Waals surface area contributed by atoms with E-state index in [0.717, 1.165) is 33.0 Å². The number of nitrogens with two attached hydrogens (primary N) is 1. The number of nitrogens with zero attached hydrogens (tertiary/aromatic N) is 4. The van der Waals surface area contributed by atoms with Crippen LogP contribution in [0.2, 0.25) is 0 Å². The van der Waals surface area contributed by atoms with E-state index in [-0.39, 0.29) is 0 Å². The Hall–Kier alpha value is -2.32. The molecule has 0 atom stereocenters. The molecule has 4 rings (SSSR count). The second-order valence-corrected chi connectivity index (χ2v) is 5.07. The molecule has 0 amide bonds. The van der Waals surface area contributed by atoms with Crippen molar-refractivity contribution in [2.45, 2.75) is 11.9 Å². The first-order chi connectivity index (χ1) is 10.8. The Labute approximate surface area is 133 Å². The summed E-state index contributed by atoms with van der Waals surface area (Å²) in [5, 5.41) is 15.6. The van der Waals surface area contributed by atoms with E-state index in [4.69, 9.17) is 5.73 Å². The molecule has 4 aromatic rings. The molecular weight excluding hydrogens is 350 g/mol. The molecule has 22 heavy (non-hydrogen) atoms. The van der Waals surface area contributed by atoms with Crippen LogP contribution in [0.15, 0.2) is 45.7 Å². The third-order valence-corrected chi connectivity index (χ3v) is 3.67. The number of hydrogen-bond acceptors (Lipinski definition) is 7. The van der Waals surface area contributed by atoms with Gasteiger partial charge in [0.2, 0.25) is 0 Å². The quantitative estimate of drug-likeness (QED) is 0.547. The fraction of sp³-hybridized carbons (Fsp3) is 0.143. The zero-order valence-corrected chi connectivity index (χ0v) is 13.0. The monoisotopic (exact) mass is 361 g/mol. The predicted octanol–water partition coefficient (Wildman–Crippen LogP) is 2.80. The number of alkyl halides is 1. The molecular formula is C14H12BrN5O2. The van der Waals surface area contributed by atoms with Crippen molar-refractivity contribution in [3.05, 3.63) is 47.5 Å². The highest BCUT2D eigenvalue weighted by Gasteiger charge is 2.00. The third-order valence-electron chi connectivity index (χ3n) is 3.03. The summed E-state index contributed by atoms with van der Waals surface area (Å²) in [4.78, 5) is 0. The Kier molecular flexibility index (Phi) is 4.40. The zero-order chi connectivity index (χ0) is 15.4. The van der Waals surface area contributed by atoms with Crippen LogP contribution in [0, 0.1) is 0 Å². The van der Waals surface area contributed by atoms with Gasteiger partial charge < -0.3 is 5.73 Å². The first-order valence-corrected chi connectivity index (χ1v) is 7.60. The van der Waals surface area contributed by atoms with Crippen molar-refractivity contribution in [1.29, 1.82) is 0 Å². The van der Waals surface area contributed by atoms with Crippen molar-refractivity contribution in [1.82, 2.24) is 20.6 Å². The normalized spacial score (nSPS) is 10.6. The van der Waals surface area contributed by atoms with Gasteiger partial charge in [0.1, 0.15) is 22.1 Å². The number of rotatable bonds is 2. The van der Waals surface area contributed by atoms with Crippen LogP contribution in [-0.4, -0.2) is 20.6 Å². The highest BCUT2D eigenvalue weighted by molar-refractivity contribution is 9.08. The molecule has 0 spiro atoms. The van der Waals surface area contributed by atoms with E-state index in [0.29, 0.717) is 6.54 Å². The number of halogens is 1. The van der Waals surface area contributed by atoms with Crippen LogP contribution in [-0.2, 0) is 11.9 Å². The van der Waals surface area contributed by atoms with Gasteiger partial charge in [-0.2, -0.15) is 0 Å². The molecule has 0 saturated carbocycles. The molecule has 0 aliphatic rings. The molecule has 2 N–H and O–H groups in total. The standard InChI is InChI=1S/C7H5BrN2O.C7H7N3O/c2*8-4-5-1-2-6-7(3-5)10-11-9-6/h1-3H,4H2;1-3H,4,8H2. The second kappa shape index (κ2) is 6.63. The molecule has 0 saturated heterocycles. The highest BCUT2D eigenvalue weighted by atomic mass is 79.9. The van der Waals surface area contributed by atoms with E-state index in [1.54, 1.807) is 0 Å². The van der Waals surface area contributed by atoms with E-state index in [9.17, 15) is 0 Å². The lowest BCUT2D eigenvalue weighted by Crippen LogP contribution is -1.94. The van der Waals surface area contributed by atoms with Crippen LogP contribution in [0.25, 0.3) is 22.1 Å². The van der Waals surface area contributed by atoms with Crippen molar-refractivity contribution >= 4 is 38.0 Å². The Morgan fingerprint density at radius 2 is 1.27 bits per heavy atom. The molecule has 0 bridgehead atoms. The molecule has 0 unspecified atom stereocenters. The smallest absolute Gasteiger partial charge is 0.135 e. The van der Waals surface area contributed by atoms with E-state index >= 15 is 0 Å². The summed E-state index contributed by atoms with van der Waals surface area (Å²) < 4.78 is 9.07. The van der Waals surface area contributed by atoms with Gasteiger partial charge in [-0.15, -0.1) is 0 Å². The lowest BCUT2D eigenvalue weighted by atomic mass is 10.2. The van der Waals surface area contributed by atoms with Crippen LogP contribution in [0.1, 0.15) is 11.1 Å². The fourth-order valence-corrected chi connectivity index (χ4v) is 2.21. The molecule has 0 aliphatic heterocycles. The van der Waals surface area contributed by atoms with Crippen molar-refractivity contribution in [2.24, 2.45) is 5.73 Å². The van der Waals surface area contributed by atoms with Gasteiger partial charge in [-0.05, 0) is 56.0 Å². The zero-order valence-electron chi connectivity index (χ0n) is 11.4. The maximum Gasteiger partial charge on any atom is 0.135 e. The lowest BCUT2D eigenvalue weighted by molar-refractivity contribution is 0.315. The van der Waals surface area contributed by atoms with E-state index < -0.39 is 0 Å². The summed E-state index contributed by atoms with van der Waals surface area (Å²) in [7, 11) is 0.